The lowest BCUT2D eigenvalue weighted by atomic mass is 10.1. The third-order valence-corrected chi connectivity index (χ3v) is 8.65. The molecular formula is C23H28NOP. The van der Waals surface area contributed by atoms with Crippen molar-refractivity contribution in [3.8, 4) is 0 Å². The first-order valence-electron chi connectivity index (χ1n) is 9.84. The minimum Gasteiger partial charge on any atom is -0.478 e. The number of ether oxygens (including phenoxy) is 1. The molecule has 2 nitrogen and oxygen atoms in total. The van der Waals surface area contributed by atoms with E-state index < -0.39 is 7.92 Å². The summed E-state index contributed by atoms with van der Waals surface area (Å²) in [5, 5.41) is 2.95. The molecule has 1 heterocycles. The zero-order chi connectivity index (χ0) is 17.9. The molecule has 0 bridgehead atoms. The summed E-state index contributed by atoms with van der Waals surface area (Å²) in [5.74, 6) is 2.08. The smallest absolute Gasteiger partial charge is 0.187 e. The van der Waals surface area contributed by atoms with E-state index in [2.05, 4.69) is 74.5 Å². The van der Waals surface area contributed by atoms with Gasteiger partial charge in [0.25, 0.3) is 0 Å². The molecule has 0 saturated heterocycles. The van der Waals surface area contributed by atoms with E-state index in [0.717, 1.165) is 12.5 Å². The SMILES string of the molecule is CC(C)[C@H]1COC(C2CCCC2P(c2ccccc2)c2ccccc2)=N1. The van der Waals surface area contributed by atoms with Crippen LogP contribution in [0.25, 0.3) is 0 Å². The van der Waals surface area contributed by atoms with Crippen LogP contribution < -0.4 is 10.6 Å². The van der Waals surface area contributed by atoms with Gasteiger partial charge in [-0.15, -0.1) is 0 Å². The van der Waals surface area contributed by atoms with Crippen molar-refractivity contribution in [3.63, 3.8) is 0 Å². The van der Waals surface area contributed by atoms with E-state index in [-0.39, 0.29) is 0 Å². The van der Waals surface area contributed by atoms with Crippen LogP contribution in [0.5, 0.6) is 0 Å². The van der Waals surface area contributed by atoms with Gasteiger partial charge in [0.05, 0.1) is 6.04 Å². The van der Waals surface area contributed by atoms with Crippen LogP contribution in [0.3, 0.4) is 0 Å². The van der Waals surface area contributed by atoms with Crippen LogP contribution in [0.4, 0.5) is 0 Å². The summed E-state index contributed by atoms with van der Waals surface area (Å²) in [6.45, 7) is 5.26. The third kappa shape index (κ3) is 3.58. The van der Waals surface area contributed by atoms with Crippen molar-refractivity contribution in [3.05, 3.63) is 60.7 Å². The Morgan fingerprint density at radius 2 is 1.54 bits per heavy atom. The fraction of sp³-hybridized carbons (Fsp3) is 0.435. The van der Waals surface area contributed by atoms with Crippen LogP contribution in [0, 0.1) is 11.8 Å². The summed E-state index contributed by atoms with van der Waals surface area (Å²) < 4.78 is 6.12. The highest BCUT2D eigenvalue weighted by molar-refractivity contribution is 7.73. The number of benzene rings is 2. The molecule has 2 aliphatic rings. The molecule has 2 aromatic rings. The van der Waals surface area contributed by atoms with Gasteiger partial charge < -0.3 is 4.74 Å². The number of nitrogens with zero attached hydrogens (tertiary/aromatic N) is 1. The maximum atomic E-state index is 6.12. The van der Waals surface area contributed by atoms with Gasteiger partial charge >= 0.3 is 0 Å². The zero-order valence-electron chi connectivity index (χ0n) is 15.7. The second kappa shape index (κ2) is 7.92. The molecule has 0 aromatic heterocycles. The molecule has 3 heteroatoms. The van der Waals surface area contributed by atoms with E-state index in [4.69, 9.17) is 9.73 Å². The van der Waals surface area contributed by atoms with Gasteiger partial charge in [-0.05, 0) is 42.9 Å². The van der Waals surface area contributed by atoms with Gasteiger partial charge in [0.15, 0.2) is 5.90 Å². The zero-order valence-corrected chi connectivity index (χ0v) is 16.6. The van der Waals surface area contributed by atoms with Gasteiger partial charge in [0.1, 0.15) is 6.61 Å². The fourth-order valence-corrected chi connectivity index (χ4v) is 7.33. The second-order valence-electron chi connectivity index (χ2n) is 7.74. The van der Waals surface area contributed by atoms with E-state index in [1.54, 1.807) is 0 Å². The lowest BCUT2D eigenvalue weighted by molar-refractivity contribution is 0.277. The van der Waals surface area contributed by atoms with Gasteiger partial charge in [0.2, 0.25) is 0 Å². The van der Waals surface area contributed by atoms with Crippen molar-refractivity contribution in [2.24, 2.45) is 16.8 Å². The average Bonchev–Trinajstić information content (AvgIpc) is 3.33. The molecule has 26 heavy (non-hydrogen) atoms. The van der Waals surface area contributed by atoms with Crippen LogP contribution in [0.2, 0.25) is 0 Å². The van der Waals surface area contributed by atoms with Gasteiger partial charge in [-0.25, -0.2) is 4.99 Å². The highest BCUT2D eigenvalue weighted by atomic mass is 31.1. The number of rotatable bonds is 5. The maximum absolute atomic E-state index is 6.12. The largest absolute Gasteiger partial charge is 0.478 e. The predicted molar refractivity (Wildman–Crippen MR) is 112 cm³/mol. The quantitative estimate of drug-likeness (QED) is 0.701. The highest BCUT2D eigenvalue weighted by Crippen LogP contribution is 2.51. The van der Waals surface area contributed by atoms with E-state index >= 15 is 0 Å². The summed E-state index contributed by atoms with van der Waals surface area (Å²) in [6.07, 6.45) is 3.77. The first-order chi connectivity index (χ1) is 12.7. The second-order valence-corrected chi connectivity index (χ2v) is 10.2. The van der Waals surface area contributed by atoms with Crippen molar-refractivity contribution < 1.29 is 4.74 Å². The van der Waals surface area contributed by atoms with Gasteiger partial charge in [-0.1, -0.05) is 80.9 Å². The normalized spacial score (nSPS) is 25.5. The fourth-order valence-electron chi connectivity index (χ4n) is 4.20. The molecule has 1 aliphatic carbocycles. The molecule has 3 atom stereocenters. The summed E-state index contributed by atoms with van der Waals surface area (Å²) in [6, 6.07) is 22.5. The topological polar surface area (TPSA) is 21.6 Å². The maximum Gasteiger partial charge on any atom is 0.187 e. The lowest BCUT2D eigenvalue weighted by Crippen LogP contribution is -2.29. The molecule has 2 unspecified atom stereocenters. The monoisotopic (exact) mass is 365 g/mol. The Balaban J connectivity index is 1.68. The number of hydrogen-bond acceptors (Lipinski definition) is 2. The molecule has 0 amide bonds. The van der Waals surface area contributed by atoms with Gasteiger partial charge in [-0.2, -0.15) is 0 Å². The standard InChI is InChI=1S/C23H28NOP/c1-17(2)21-16-25-23(24-21)20-14-9-15-22(20)26(18-10-5-3-6-11-18)19-12-7-4-8-13-19/h3-8,10-13,17,20-22H,9,14-16H2,1-2H3/t20?,21-,22?/m1/s1. The Morgan fingerprint density at radius 1 is 0.923 bits per heavy atom. The van der Waals surface area contributed by atoms with Crippen molar-refractivity contribution in [2.45, 2.75) is 44.8 Å². The molecule has 136 valence electrons. The predicted octanol–water partition coefficient (Wildman–Crippen LogP) is 4.74. The Kier molecular flexibility index (Phi) is 5.41. The molecule has 0 radical (unpaired) electrons. The molecular weight excluding hydrogens is 337 g/mol. The third-order valence-electron chi connectivity index (χ3n) is 5.66. The molecule has 0 spiro atoms. The van der Waals surface area contributed by atoms with Crippen molar-refractivity contribution in [1.29, 1.82) is 0 Å². The van der Waals surface area contributed by atoms with Crippen LogP contribution >= 0.6 is 7.92 Å². The van der Waals surface area contributed by atoms with Crippen molar-refractivity contribution in [2.75, 3.05) is 6.61 Å². The number of aliphatic imine (C=N–C) groups is 1. The molecule has 1 saturated carbocycles. The Bertz CT molecular complexity index is 704. The first-order valence-corrected chi connectivity index (χ1v) is 11.2. The van der Waals surface area contributed by atoms with Gasteiger partial charge in [-0.3, -0.25) is 0 Å². The van der Waals surface area contributed by atoms with Crippen molar-refractivity contribution in [1.82, 2.24) is 0 Å². The van der Waals surface area contributed by atoms with Crippen LogP contribution in [0.1, 0.15) is 33.1 Å². The van der Waals surface area contributed by atoms with E-state index in [9.17, 15) is 0 Å². The minimum atomic E-state index is -0.398. The summed E-state index contributed by atoms with van der Waals surface area (Å²) in [7, 11) is -0.398. The van der Waals surface area contributed by atoms with E-state index in [1.807, 2.05) is 0 Å². The first kappa shape index (κ1) is 17.7. The Hall–Kier alpha value is -1.66. The molecule has 2 aromatic carbocycles. The summed E-state index contributed by atoms with van der Waals surface area (Å²) in [5.41, 5.74) is 0.625. The molecule has 0 N–H and O–H groups in total. The summed E-state index contributed by atoms with van der Waals surface area (Å²) in [4.78, 5) is 4.99. The van der Waals surface area contributed by atoms with E-state index in [1.165, 1.54) is 29.9 Å². The molecule has 1 aliphatic heterocycles. The van der Waals surface area contributed by atoms with Crippen LogP contribution in [-0.4, -0.2) is 24.2 Å². The Labute approximate surface area is 158 Å². The molecule has 1 fully saturated rings. The minimum absolute atomic E-state index is 0.339. The van der Waals surface area contributed by atoms with Crippen LogP contribution in [0.15, 0.2) is 65.7 Å². The molecule has 4 rings (SSSR count). The highest BCUT2D eigenvalue weighted by Gasteiger charge is 2.40. The van der Waals surface area contributed by atoms with Crippen LogP contribution in [-0.2, 0) is 4.74 Å². The van der Waals surface area contributed by atoms with Crippen molar-refractivity contribution >= 4 is 24.4 Å². The van der Waals surface area contributed by atoms with E-state index in [0.29, 0.717) is 23.5 Å². The number of hydrogen-bond donors (Lipinski definition) is 0. The Morgan fingerprint density at radius 3 is 2.08 bits per heavy atom. The lowest BCUT2D eigenvalue weighted by Gasteiger charge is -2.29. The summed E-state index contributed by atoms with van der Waals surface area (Å²) >= 11 is 0. The average molecular weight is 365 g/mol. The van der Waals surface area contributed by atoms with Gasteiger partial charge in [0, 0.05) is 5.92 Å².